The SMILES string of the molecule is CC(CO)SCCC(C)(C)C(=O)O. The molecule has 1 atom stereocenters. The van der Waals surface area contributed by atoms with Crippen LogP contribution >= 0.6 is 11.8 Å². The lowest BCUT2D eigenvalue weighted by Crippen LogP contribution is -2.24. The van der Waals surface area contributed by atoms with Crippen molar-refractivity contribution in [1.29, 1.82) is 0 Å². The summed E-state index contributed by atoms with van der Waals surface area (Å²) in [4.78, 5) is 10.7. The lowest BCUT2D eigenvalue weighted by molar-refractivity contribution is -0.146. The Hall–Kier alpha value is -0.220. The fourth-order valence-electron chi connectivity index (χ4n) is 0.675. The third-order valence-electron chi connectivity index (χ3n) is 1.97. The van der Waals surface area contributed by atoms with Crippen LogP contribution in [0.3, 0.4) is 0 Å². The fraction of sp³-hybridized carbons (Fsp3) is 0.889. The van der Waals surface area contributed by atoms with Gasteiger partial charge in [0.25, 0.3) is 0 Å². The first-order valence-corrected chi connectivity index (χ1v) is 5.41. The molecule has 2 N–H and O–H groups in total. The second-order valence-corrected chi connectivity index (χ2v) is 5.35. The summed E-state index contributed by atoms with van der Waals surface area (Å²) in [5.41, 5.74) is -0.651. The Morgan fingerprint density at radius 2 is 2.08 bits per heavy atom. The molecular formula is C9H18O3S. The second-order valence-electron chi connectivity index (χ2n) is 3.80. The minimum absolute atomic E-state index is 0.151. The minimum atomic E-state index is -0.759. The van der Waals surface area contributed by atoms with E-state index in [1.807, 2.05) is 6.92 Å². The lowest BCUT2D eigenvalue weighted by Gasteiger charge is -2.19. The number of thioether (sulfide) groups is 1. The quantitative estimate of drug-likeness (QED) is 0.693. The number of rotatable bonds is 6. The Morgan fingerprint density at radius 3 is 2.46 bits per heavy atom. The predicted octanol–water partition coefficient (Wildman–Crippen LogP) is 1.60. The Morgan fingerprint density at radius 1 is 1.54 bits per heavy atom. The summed E-state index contributed by atoms with van der Waals surface area (Å²) in [6, 6.07) is 0. The van der Waals surface area contributed by atoms with Crippen LogP contribution in [0.4, 0.5) is 0 Å². The van der Waals surface area contributed by atoms with Crippen LogP contribution in [0.15, 0.2) is 0 Å². The average molecular weight is 206 g/mol. The third kappa shape index (κ3) is 5.16. The van der Waals surface area contributed by atoms with Gasteiger partial charge in [-0.2, -0.15) is 11.8 Å². The molecule has 0 aromatic rings. The minimum Gasteiger partial charge on any atom is -0.481 e. The molecule has 0 heterocycles. The first-order valence-electron chi connectivity index (χ1n) is 4.36. The zero-order valence-corrected chi connectivity index (χ0v) is 9.23. The number of hydrogen-bond acceptors (Lipinski definition) is 3. The zero-order chi connectivity index (χ0) is 10.5. The molecular weight excluding hydrogens is 188 g/mol. The van der Waals surface area contributed by atoms with Crippen LogP contribution in [0, 0.1) is 5.41 Å². The molecule has 0 rings (SSSR count). The molecule has 3 nitrogen and oxygen atoms in total. The van der Waals surface area contributed by atoms with Gasteiger partial charge in [-0.3, -0.25) is 4.79 Å². The van der Waals surface area contributed by atoms with Gasteiger partial charge in [0, 0.05) is 5.25 Å². The van der Waals surface area contributed by atoms with Gasteiger partial charge in [0.15, 0.2) is 0 Å². The molecule has 78 valence electrons. The highest BCUT2D eigenvalue weighted by atomic mass is 32.2. The summed E-state index contributed by atoms with van der Waals surface area (Å²) in [6.07, 6.45) is 0.636. The van der Waals surface area contributed by atoms with Crippen LogP contribution < -0.4 is 0 Å². The van der Waals surface area contributed by atoms with E-state index >= 15 is 0 Å². The molecule has 13 heavy (non-hydrogen) atoms. The highest BCUT2D eigenvalue weighted by molar-refractivity contribution is 7.99. The van der Waals surface area contributed by atoms with Gasteiger partial charge in [-0.25, -0.2) is 0 Å². The highest BCUT2D eigenvalue weighted by Crippen LogP contribution is 2.24. The number of aliphatic hydroxyl groups excluding tert-OH is 1. The maximum absolute atomic E-state index is 10.7. The van der Waals surface area contributed by atoms with Crippen LogP contribution in [-0.2, 0) is 4.79 Å². The lowest BCUT2D eigenvalue weighted by atomic mass is 9.91. The number of aliphatic hydroxyl groups is 1. The molecule has 0 fully saturated rings. The van der Waals surface area contributed by atoms with Crippen molar-refractivity contribution in [3.63, 3.8) is 0 Å². The van der Waals surface area contributed by atoms with Crippen molar-refractivity contribution >= 4 is 17.7 Å². The topological polar surface area (TPSA) is 57.5 Å². The van der Waals surface area contributed by atoms with Crippen molar-refractivity contribution in [2.45, 2.75) is 32.4 Å². The maximum atomic E-state index is 10.7. The van der Waals surface area contributed by atoms with E-state index in [9.17, 15) is 4.79 Å². The van der Waals surface area contributed by atoms with Crippen molar-refractivity contribution in [2.24, 2.45) is 5.41 Å². The van der Waals surface area contributed by atoms with E-state index in [0.717, 1.165) is 5.75 Å². The Labute approximate surface area is 83.5 Å². The molecule has 0 saturated heterocycles. The third-order valence-corrected chi connectivity index (χ3v) is 3.12. The van der Waals surface area contributed by atoms with Gasteiger partial charge in [0.2, 0.25) is 0 Å². The summed E-state index contributed by atoms with van der Waals surface area (Å²) < 4.78 is 0. The van der Waals surface area contributed by atoms with Crippen molar-refractivity contribution in [2.75, 3.05) is 12.4 Å². The van der Waals surface area contributed by atoms with Crippen LogP contribution in [0.5, 0.6) is 0 Å². The number of carboxylic acid groups (broad SMARTS) is 1. The Bertz CT molecular complexity index is 168. The monoisotopic (exact) mass is 206 g/mol. The van der Waals surface area contributed by atoms with E-state index in [-0.39, 0.29) is 11.9 Å². The van der Waals surface area contributed by atoms with Gasteiger partial charge < -0.3 is 10.2 Å². The average Bonchev–Trinajstić information content (AvgIpc) is 2.03. The van der Waals surface area contributed by atoms with Crippen LogP contribution in [0.2, 0.25) is 0 Å². The van der Waals surface area contributed by atoms with Crippen molar-refractivity contribution in [3.05, 3.63) is 0 Å². The number of hydrogen-bond donors (Lipinski definition) is 2. The molecule has 0 aliphatic carbocycles. The molecule has 0 spiro atoms. The number of carboxylic acids is 1. The van der Waals surface area contributed by atoms with Gasteiger partial charge in [-0.1, -0.05) is 6.92 Å². The molecule has 0 aliphatic heterocycles. The number of carbonyl (C=O) groups is 1. The molecule has 0 aliphatic rings. The Balaban J connectivity index is 3.70. The van der Waals surface area contributed by atoms with Gasteiger partial charge in [0.05, 0.1) is 12.0 Å². The van der Waals surface area contributed by atoms with Gasteiger partial charge in [-0.05, 0) is 26.0 Å². The summed E-state index contributed by atoms with van der Waals surface area (Å²) >= 11 is 1.61. The maximum Gasteiger partial charge on any atom is 0.309 e. The molecule has 0 radical (unpaired) electrons. The van der Waals surface area contributed by atoms with Gasteiger partial charge >= 0.3 is 5.97 Å². The molecule has 0 saturated carbocycles. The van der Waals surface area contributed by atoms with E-state index < -0.39 is 11.4 Å². The fourth-order valence-corrected chi connectivity index (χ4v) is 1.81. The van der Waals surface area contributed by atoms with Crippen molar-refractivity contribution in [1.82, 2.24) is 0 Å². The van der Waals surface area contributed by atoms with Crippen LogP contribution in [0.25, 0.3) is 0 Å². The normalized spacial score (nSPS) is 14.2. The van der Waals surface area contributed by atoms with Crippen LogP contribution in [0.1, 0.15) is 27.2 Å². The molecule has 0 aromatic heterocycles. The molecule has 0 aromatic carbocycles. The zero-order valence-electron chi connectivity index (χ0n) is 8.41. The molecule has 0 bridgehead atoms. The van der Waals surface area contributed by atoms with Crippen molar-refractivity contribution < 1.29 is 15.0 Å². The summed E-state index contributed by atoms with van der Waals surface area (Å²) in [5, 5.41) is 17.7. The predicted molar refractivity (Wildman–Crippen MR) is 55.0 cm³/mol. The molecule has 4 heteroatoms. The summed E-state index contributed by atoms with van der Waals surface area (Å²) in [6.45, 7) is 5.52. The summed E-state index contributed by atoms with van der Waals surface area (Å²) in [7, 11) is 0. The van der Waals surface area contributed by atoms with Crippen molar-refractivity contribution in [3.8, 4) is 0 Å². The molecule has 1 unspecified atom stereocenters. The molecule has 0 amide bonds. The first kappa shape index (κ1) is 12.8. The standard InChI is InChI=1S/C9H18O3S/c1-7(6-10)13-5-4-9(2,3)8(11)12/h7,10H,4-6H2,1-3H3,(H,11,12). The second kappa shape index (κ2) is 5.50. The van der Waals surface area contributed by atoms with E-state index in [2.05, 4.69) is 0 Å². The van der Waals surface area contributed by atoms with E-state index in [1.165, 1.54) is 0 Å². The summed E-state index contributed by atoms with van der Waals surface area (Å²) in [5.74, 6) is 0.0193. The first-order chi connectivity index (χ1) is 5.90. The van der Waals surface area contributed by atoms with E-state index in [1.54, 1.807) is 25.6 Å². The largest absolute Gasteiger partial charge is 0.481 e. The van der Waals surface area contributed by atoms with E-state index in [0.29, 0.717) is 6.42 Å². The van der Waals surface area contributed by atoms with Gasteiger partial charge in [0.1, 0.15) is 0 Å². The van der Waals surface area contributed by atoms with Gasteiger partial charge in [-0.15, -0.1) is 0 Å². The highest BCUT2D eigenvalue weighted by Gasteiger charge is 2.26. The Kier molecular flexibility index (Phi) is 5.40. The number of aliphatic carboxylic acids is 1. The smallest absolute Gasteiger partial charge is 0.309 e. The van der Waals surface area contributed by atoms with Crippen LogP contribution in [-0.4, -0.2) is 33.8 Å². The van der Waals surface area contributed by atoms with E-state index in [4.69, 9.17) is 10.2 Å².